The van der Waals surface area contributed by atoms with E-state index < -0.39 is 0 Å². The minimum Gasteiger partial charge on any atom is -0.315 e. The molecule has 0 amide bonds. The number of hydrazine groups is 1. The molecule has 2 atom stereocenters. The fraction of sp³-hybridized carbons (Fsp3) is 0.455. The molecule has 82 valence electrons. The first-order valence-electron chi connectivity index (χ1n) is 5.26. The van der Waals surface area contributed by atoms with E-state index in [1.54, 1.807) is 6.07 Å². The van der Waals surface area contributed by atoms with Crippen LogP contribution in [-0.2, 0) is 6.42 Å². The molecule has 4 heteroatoms. The van der Waals surface area contributed by atoms with Crippen LogP contribution in [0.5, 0.6) is 0 Å². The quantitative estimate of drug-likeness (QED) is 0.693. The van der Waals surface area contributed by atoms with Gasteiger partial charge in [0.25, 0.3) is 0 Å². The summed E-state index contributed by atoms with van der Waals surface area (Å²) in [5.74, 6) is -0.118. The molecule has 0 aliphatic carbocycles. The highest BCUT2D eigenvalue weighted by Gasteiger charge is 2.20. The van der Waals surface area contributed by atoms with Gasteiger partial charge in [-0.15, -0.1) is 0 Å². The zero-order valence-electron chi connectivity index (χ0n) is 8.54. The molecular weight excluding hydrogens is 193 g/mol. The largest absolute Gasteiger partial charge is 0.315 e. The molecule has 1 aliphatic rings. The molecule has 1 saturated heterocycles. The van der Waals surface area contributed by atoms with Gasteiger partial charge in [0.05, 0.1) is 6.17 Å². The molecule has 1 fully saturated rings. The number of rotatable bonds is 3. The highest BCUT2D eigenvalue weighted by Crippen LogP contribution is 2.13. The molecule has 0 aromatic heterocycles. The van der Waals surface area contributed by atoms with Crippen molar-refractivity contribution in [3.8, 4) is 0 Å². The van der Waals surface area contributed by atoms with Crippen LogP contribution >= 0.6 is 0 Å². The summed E-state index contributed by atoms with van der Waals surface area (Å²) in [4.78, 5) is 0. The van der Waals surface area contributed by atoms with Crippen LogP contribution in [0.25, 0.3) is 0 Å². The van der Waals surface area contributed by atoms with E-state index in [0.717, 1.165) is 24.8 Å². The van der Waals surface area contributed by atoms with Gasteiger partial charge >= 0.3 is 0 Å². The van der Waals surface area contributed by atoms with Crippen LogP contribution in [0.15, 0.2) is 24.3 Å². The maximum atomic E-state index is 13.3. The lowest BCUT2D eigenvalue weighted by Crippen LogP contribution is -2.37. The molecule has 0 spiro atoms. The molecule has 0 bridgehead atoms. The highest BCUT2D eigenvalue weighted by atomic mass is 19.1. The fourth-order valence-corrected chi connectivity index (χ4v) is 1.87. The molecule has 1 aromatic rings. The summed E-state index contributed by atoms with van der Waals surface area (Å²) >= 11 is 0. The summed E-state index contributed by atoms with van der Waals surface area (Å²) in [6, 6.07) is 7.26. The number of halogens is 1. The van der Waals surface area contributed by atoms with E-state index >= 15 is 0 Å². The van der Waals surface area contributed by atoms with Crippen molar-refractivity contribution in [1.82, 2.24) is 10.9 Å². The van der Waals surface area contributed by atoms with Crippen LogP contribution < -0.4 is 16.6 Å². The van der Waals surface area contributed by atoms with E-state index in [0.29, 0.717) is 6.04 Å². The molecule has 2 unspecified atom stereocenters. The molecule has 15 heavy (non-hydrogen) atoms. The SMILES string of the molecule is NC1CC(CCc2ccccc2F)NN1. The molecular formula is C11H16FN3. The van der Waals surface area contributed by atoms with Crippen LogP contribution in [-0.4, -0.2) is 12.2 Å². The van der Waals surface area contributed by atoms with Crippen molar-refractivity contribution >= 4 is 0 Å². The van der Waals surface area contributed by atoms with Gasteiger partial charge in [-0.3, -0.25) is 5.43 Å². The van der Waals surface area contributed by atoms with Gasteiger partial charge in [-0.25, -0.2) is 9.82 Å². The number of benzene rings is 1. The second-order valence-electron chi connectivity index (χ2n) is 3.96. The summed E-state index contributed by atoms with van der Waals surface area (Å²) in [7, 11) is 0. The Morgan fingerprint density at radius 3 is 2.80 bits per heavy atom. The van der Waals surface area contributed by atoms with Gasteiger partial charge in [-0.1, -0.05) is 18.2 Å². The molecule has 0 saturated carbocycles. The van der Waals surface area contributed by atoms with Crippen molar-refractivity contribution < 1.29 is 4.39 Å². The van der Waals surface area contributed by atoms with Crippen LogP contribution in [0.3, 0.4) is 0 Å². The Balaban J connectivity index is 1.86. The number of hydrogen-bond acceptors (Lipinski definition) is 3. The standard InChI is InChI=1S/C11H16FN3/c12-10-4-2-1-3-8(10)5-6-9-7-11(13)15-14-9/h1-4,9,11,14-15H,5-7,13H2. The Morgan fingerprint density at radius 1 is 1.33 bits per heavy atom. The van der Waals surface area contributed by atoms with Crippen molar-refractivity contribution in [2.75, 3.05) is 0 Å². The number of nitrogens with one attached hydrogen (secondary N) is 2. The van der Waals surface area contributed by atoms with E-state index in [4.69, 9.17) is 5.73 Å². The molecule has 1 aromatic carbocycles. The second kappa shape index (κ2) is 4.70. The van der Waals surface area contributed by atoms with Gasteiger partial charge in [-0.05, 0) is 30.9 Å². The Labute approximate surface area is 88.8 Å². The molecule has 3 nitrogen and oxygen atoms in total. The normalized spacial score (nSPS) is 25.7. The Hall–Kier alpha value is -0.970. The van der Waals surface area contributed by atoms with Crippen molar-refractivity contribution in [3.63, 3.8) is 0 Å². The second-order valence-corrected chi connectivity index (χ2v) is 3.96. The maximum Gasteiger partial charge on any atom is 0.126 e. The predicted molar refractivity (Wildman–Crippen MR) is 57.4 cm³/mol. The van der Waals surface area contributed by atoms with Gasteiger partial charge in [0.2, 0.25) is 0 Å². The van der Waals surface area contributed by atoms with E-state index in [9.17, 15) is 4.39 Å². The average Bonchev–Trinajstić information content (AvgIpc) is 2.63. The molecule has 1 aliphatic heterocycles. The molecule has 1 heterocycles. The average molecular weight is 209 g/mol. The number of aryl methyl sites for hydroxylation is 1. The van der Waals surface area contributed by atoms with Gasteiger partial charge < -0.3 is 5.73 Å². The van der Waals surface area contributed by atoms with Gasteiger partial charge in [0, 0.05) is 6.04 Å². The lowest BCUT2D eigenvalue weighted by molar-refractivity contribution is 0.509. The third-order valence-electron chi connectivity index (χ3n) is 2.73. The van der Waals surface area contributed by atoms with Gasteiger partial charge in [0.1, 0.15) is 5.82 Å². The zero-order chi connectivity index (χ0) is 10.7. The first kappa shape index (κ1) is 10.5. The van der Waals surface area contributed by atoms with Crippen LogP contribution in [0.2, 0.25) is 0 Å². The Kier molecular flexibility index (Phi) is 3.30. The summed E-state index contributed by atoms with van der Waals surface area (Å²) in [6.07, 6.45) is 2.57. The minimum atomic E-state index is -0.118. The maximum absolute atomic E-state index is 13.3. The van der Waals surface area contributed by atoms with Gasteiger partial charge in [-0.2, -0.15) is 0 Å². The van der Waals surface area contributed by atoms with Gasteiger partial charge in [0.15, 0.2) is 0 Å². The monoisotopic (exact) mass is 209 g/mol. The van der Waals surface area contributed by atoms with Crippen molar-refractivity contribution in [3.05, 3.63) is 35.6 Å². The first-order chi connectivity index (χ1) is 7.25. The lowest BCUT2D eigenvalue weighted by atomic mass is 10.0. The number of nitrogens with two attached hydrogens (primary N) is 1. The van der Waals surface area contributed by atoms with E-state index in [1.807, 2.05) is 12.1 Å². The Bertz CT molecular complexity index is 329. The third-order valence-corrected chi connectivity index (χ3v) is 2.73. The van der Waals surface area contributed by atoms with Crippen LogP contribution in [0, 0.1) is 5.82 Å². The summed E-state index contributed by atoms with van der Waals surface area (Å²) in [6.45, 7) is 0. The summed E-state index contributed by atoms with van der Waals surface area (Å²) < 4.78 is 13.3. The smallest absolute Gasteiger partial charge is 0.126 e. The Morgan fingerprint density at radius 2 is 2.13 bits per heavy atom. The van der Waals surface area contributed by atoms with E-state index in [-0.39, 0.29) is 12.0 Å². The van der Waals surface area contributed by atoms with Crippen molar-refractivity contribution in [2.45, 2.75) is 31.5 Å². The lowest BCUT2D eigenvalue weighted by Gasteiger charge is -2.09. The molecule has 4 N–H and O–H groups in total. The molecule has 2 rings (SSSR count). The van der Waals surface area contributed by atoms with Crippen molar-refractivity contribution in [2.24, 2.45) is 5.73 Å². The van der Waals surface area contributed by atoms with E-state index in [2.05, 4.69) is 10.9 Å². The van der Waals surface area contributed by atoms with E-state index in [1.165, 1.54) is 6.07 Å². The van der Waals surface area contributed by atoms with Crippen LogP contribution in [0.1, 0.15) is 18.4 Å². The summed E-state index contributed by atoms with van der Waals surface area (Å²) in [5.41, 5.74) is 12.5. The minimum absolute atomic E-state index is 0.0237. The number of hydrogen-bond donors (Lipinski definition) is 3. The topological polar surface area (TPSA) is 50.1 Å². The third kappa shape index (κ3) is 2.75. The highest BCUT2D eigenvalue weighted by molar-refractivity contribution is 5.17. The van der Waals surface area contributed by atoms with Crippen LogP contribution in [0.4, 0.5) is 4.39 Å². The summed E-state index contributed by atoms with van der Waals surface area (Å²) in [5, 5.41) is 0. The molecule has 0 radical (unpaired) electrons. The van der Waals surface area contributed by atoms with Crippen molar-refractivity contribution in [1.29, 1.82) is 0 Å². The fourth-order valence-electron chi connectivity index (χ4n) is 1.87. The first-order valence-corrected chi connectivity index (χ1v) is 5.26. The predicted octanol–water partition coefficient (Wildman–Crippen LogP) is 0.910. The zero-order valence-corrected chi connectivity index (χ0v) is 8.54.